The molecule has 0 bridgehead atoms. The van der Waals surface area contributed by atoms with Gasteiger partial charge in [-0.15, -0.1) is 0 Å². The van der Waals surface area contributed by atoms with Crippen LogP contribution in [0.4, 0.5) is 5.69 Å². The molecular formula is C20H26N2O2. The monoisotopic (exact) mass is 326 g/mol. The van der Waals surface area contributed by atoms with Gasteiger partial charge in [0.05, 0.1) is 12.3 Å². The summed E-state index contributed by atoms with van der Waals surface area (Å²) in [7, 11) is 0. The van der Waals surface area contributed by atoms with Crippen molar-refractivity contribution in [2.45, 2.75) is 39.2 Å². The van der Waals surface area contributed by atoms with E-state index in [0.29, 0.717) is 31.7 Å². The van der Waals surface area contributed by atoms with Crippen LogP contribution in [0.25, 0.3) is 0 Å². The standard InChI is InChI=1S/C20H26N2O2/c1-2-3-13-24-19-11-9-16(14-18(19)21)10-12-20(23)22-15-17-7-5-4-6-8-17/h4-9,11,14H,2-3,10,12-13,15,21H2,1H3,(H,22,23). The minimum atomic E-state index is 0.0423. The van der Waals surface area contributed by atoms with Crippen molar-refractivity contribution < 1.29 is 9.53 Å². The van der Waals surface area contributed by atoms with Crippen molar-refractivity contribution in [1.82, 2.24) is 5.32 Å². The number of unbranched alkanes of at least 4 members (excludes halogenated alkanes) is 1. The number of nitrogens with one attached hydrogen (secondary N) is 1. The number of nitrogens with two attached hydrogens (primary N) is 1. The molecule has 0 unspecified atom stereocenters. The van der Waals surface area contributed by atoms with Crippen molar-refractivity contribution in [3.8, 4) is 5.75 Å². The second-order valence-corrected chi connectivity index (χ2v) is 5.84. The summed E-state index contributed by atoms with van der Waals surface area (Å²) in [6.07, 6.45) is 3.22. The van der Waals surface area contributed by atoms with Gasteiger partial charge in [0.15, 0.2) is 0 Å². The van der Waals surface area contributed by atoms with E-state index < -0.39 is 0 Å². The summed E-state index contributed by atoms with van der Waals surface area (Å²) in [5.41, 5.74) is 8.80. The lowest BCUT2D eigenvalue weighted by atomic mass is 10.1. The molecule has 2 aromatic rings. The van der Waals surface area contributed by atoms with Crippen LogP contribution in [0, 0.1) is 0 Å². The first-order chi connectivity index (χ1) is 11.7. The van der Waals surface area contributed by atoms with Gasteiger partial charge in [-0.3, -0.25) is 4.79 Å². The van der Waals surface area contributed by atoms with E-state index >= 15 is 0 Å². The zero-order valence-corrected chi connectivity index (χ0v) is 14.3. The molecule has 128 valence electrons. The molecule has 0 saturated heterocycles. The van der Waals surface area contributed by atoms with Gasteiger partial charge in [-0.25, -0.2) is 0 Å². The molecule has 0 radical (unpaired) electrons. The number of nitrogen functional groups attached to an aromatic ring is 1. The number of ether oxygens (including phenoxy) is 1. The summed E-state index contributed by atoms with van der Waals surface area (Å²) in [5, 5.41) is 2.93. The van der Waals surface area contributed by atoms with E-state index in [1.165, 1.54) is 0 Å². The molecule has 24 heavy (non-hydrogen) atoms. The summed E-state index contributed by atoms with van der Waals surface area (Å²) in [6.45, 7) is 3.37. The highest BCUT2D eigenvalue weighted by molar-refractivity contribution is 5.76. The van der Waals surface area contributed by atoms with Crippen LogP contribution in [0.15, 0.2) is 48.5 Å². The first-order valence-corrected chi connectivity index (χ1v) is 8.51. The van der Waals surface area contributed by atoms with Crippen LogP contribution < -0.4 is 15.8 Å². The zero-order chi connectivity index (χ0) is 17.2. The van der Waals surface area contributed by atoms with E-state index in [-0.39, 0.29) is 5.91 Å². The van der Waals surface area contributed by atoms with Crippen molar-refractivity contribution in [2.24, 2.45) is 0 Å². The maximum atomic E-state index is 11.9. The lowest BCUT2D eigenvalue weighted by Crippen LogP contribution is -2.22. The smallest absolute Gasteiger partial charge is 0.220 e. The van der Waals surface area contributed by atoms with Crippen LogP contribution in [-0.2, 0) is 17.8 Å². The van der Waals surface area contributed by atoms with Gasteiger partial charge >= 0.3 is 0 Å². The lowest BCUT2D eigenvalue weighted by Gasteiger charge is -2.10. The van der Waals surface area contributed by atoms with E-state index in [0.717, 1.165) is 29.7 Å². The molecule has 0 fully saturated rings. The summed E-state index contributed by atoms with van der Waals surface area (Å²) in [4.78, 5) is 11.9. The van der Waals surface area contributed by atoms with Crippen molar-refractivity contribution >= 4 is 11.6 Å². The van der Waals surface area contributed by atoms with Crippen molar-refractivity contribution in [1.29, 1.82) is 0 Å². The molecule has 0 aliphatic heterocycles. The molecule has 0 aliphatic carbocycles. The average molecular weight is 326 g/mol. The van der Waals surface area contributed by atoms with E-state index in [4.69, 9.17) is 10.5 Å². The van der Waals surface area contributed by atoms with Gasteiger partial charge in [0.2, 0.25) is 5.91 Å². The Morgan fingerprint density at radius 3 is 2.62 bits per heavy atom. The Morgan fingerprint density at radius 1 is 1.12 bits per heavy atom. The normalized spacial score (nSPS) is 10.4. The van der Waals surface area contributed by atoms with Crippen LogP contribution >= 0.6 is 0 Å². The molecule has 0 heterocycles. The van der Waals surface area contributed by atoms with Gasteiger partial charge in [0.1, 0.15) is 5.75 Å². The second-order valence-electron chi connectivity index (χ2n) is 5.84. The third-order valence-corrected chi connectivity index (χ3v) is 3.80. The van der Waals surface area contributed by atoms with Gasteiger partial charge in [0.25, 0.3) is 0 Å². The van der Waals surface area contributed by atoms with E-state index in [1.807, 2.05) is 48.5 Å². The largest absolute Gasteiger partial charge is 0.491 e. The third-order valence-electron chi connectivity index (χ3n) is 3.80. The number of hydrogen-bond donors (Lipinski definition) is 2. The summed E-state index contributed by atoms with van der Waals surface area (Å²) >= 11 is 0. The first kappa shape index (κ1) is 17.9. The molecule has 0 saturated carbocycles. The van der Waals surface area contributed by atoms with Crippen LogP contribution in [0.2, 0.25) is 0 Å². The van der Waals surface area contributed by atoms with Crippen molar-refractivity contribution in [2.75, 3.05) is 12.3 Å². The van der Waals surface area contributed by atoms with Crippen LogP contribution in [0.1, 0.15) is 37.3 Å². The Kier molecular flexibility index (Phi) is 7.15. The van der Waals surface area contributed by atoms with Gasteiger partial charge in [0, 0.05) is 13.0 Å². The van der Waals surface area contributed by atoms with Crippen LogP contribution in [0.5, 0.6) is 5.75 Å². The SMILES string of the molecule is CCCCOc1ccc(CCC(=O)NCc2ccccc2)cc1N. The predicted molar refractivity (Wildman–Crippen MR) is 97.9 cm³/mol. The molecule has 3 N–H and O–H groups in total. The van der Waals surface area contributed by atoms with Crippen molar-refractivity contribution in [3.63, 3.8) is 0 Å². The number of benzene rings is 2. The van der Waals surface area contributed by atoms with Crippen LogP contribution in [0.3, 0.4) is 0 Å². The summed E-state index contributed by atoms with van der Waals surface area (Å²) in [6, 6.07) is 15.7. The Hall–Kier alpha value is -2.49. The van der Waals surface area contributed by atoms with Crippen molar-refractivity contribution in [3.05, 3.63) is 59.7 Å². The Bertz CT molecular complexity index is 641. The maximum absolute atomic E-state index is 11.9. The Labute approximate surface area is 144 Å². The molecular weight excluding hydrogens is 300 g/mol. The quantitative estimate of drug-likeness (QED) is 0.545. The number of amides is 1. The summed E-state index contributed by atoms with van der Waals surface area (Å²) in [5.74, 6) is 0.765. The fraction of sp³-hybridized carbons (Fsp3) is 0.350. The molecule has 4 heteroatoms. The Morgan fingerprint density at radius 2 is 1.92 bits per heavy atom. The lowest BCUT2D eigenvalue weighted by molar-refractivity contribution is -0.121. The minimum absolute atomic E-state index is 0.0423. The molecule has 1 amide bonds. The highest BCUT2D eigenvalue weighted by Crippen LogP contribution is 2.23. The van der Waals surface area contributed by atoms with Gasteiger partial charge < -0.3 is 15.8 Å². The molecule has 2 aromatic carbocycles. The molecule has 4 nitrogen and oxygen atoms in total. The topological polar surface area (TPSA) is 64.3 Å². The number of carbonyl (C=O) groups is 1. The number of anilines is 1. The third kappa shape index (κ3) is 5.95. The van der Waals surface area contributed by atoms with Gasteiger partial charge in [-0.2, -0.15) is 0 Å². The minimum Gasteiger partial charge on any atom is -0.491 e. The number of carbonyl (C=O) groups excluding carboxylic acids is 1. The number of aryl methyl sites for hydroxylation is 1. The van der Waals surface area contributed by atoms with Crippen LogP contribution in [-0.4, -0.2) is 12.5 Å². The van der Waals surface area contributed by atoms with Gasteiger partial charge in [-0.05, 0) is 36.1 Å². The van der Waals surface area contributed by atoms with E-state index in [1.54, 1.807) is 0 Å². The Balaban J connectivity index is 1.77. The molecule has 0 aliphatic rings. The fourth-order valence-corrected chi connectivity index (χ4v) is 2.35. The fourth-order valence-electron chi connectivity index (χ4n) is 2.35. The zero-order valence-electron chi connectivity index (χ0n) is 14.3. The first-order valence-electron chi connectivity index (χ1n) is 8.51. The maximum Gasteiger partial charge on any atom is 0.220 e. The van der Waals surface area contributed by atoms with E-state index in [2.05, 4.69) is 12.2 Å². The highest BCUT2D eigenvalue weighted by atomic mass is 16.5. The molecule has 0 spiro atoms. The highest BCUT2D eigenvalue weighted by Gasteiger charge is 2.05. The van der Waals surface area contributed by atoms with E-state index in [9.17, 15) is 4.79 Å². The molecule has 0 atom stereocenters. The number of hydrogen-bond acceptors (Lipinski definition) is 3. The molecule has 0 aromatic heterocycles. The molecule has 2 rings (SSSR count). The van der Waals surface area contributed by atoms with Gasteiger partial charge in [-0.1, -0.05) is 49.7 Å². The summed E-state index contributed by atoms with van der Waals surface area (Å²) < 4.78 is 5.64. The second kappa shape index (κ2) is 9.60. The average Bonchev–Trinajstić information content (AvgIpc) is 2.61. The number of rotatable bonds is 9. The predicted octanol–water partition coefficient (Wildman–Crippen LogP) is 3.70.